The van der Waals surface area contributed by atoms with Crippen LogP contribution in [-0.4, -0.2) is 31.8 Å². The molecule has 148 valence electrons. The van der Waals surface area contributed by atoms with Crippen LogP contribution in [0.4, 0.5) is 0 Å². The number of para-hydroxylation sites is 1. The fraction of sp³-hybridized carbons (Fsp3) is 0.227. The first-order chi connectivity index (χ1) is 14.0. The lowest BCUT2D eigenvalue weighted by molar-refractivity contribution is -0.151. The summed E-state index contributed by atoms with van der Waals surface area (Å²) in [6.45, 7) is 1.88. The molecule has 0 bridgehead atoms. The molecule has 4 rings (SSSR count). The molecule has 3 aromatic rings. The van der Waals surface area contributed by atoms with E-state index in [0.717, 1.165) is 0 Å². The highest BCUT2D eigenvalue weighted by Gasteiger charge is 2.45. The lowest BCUT2D eigenvalue weighted by Crippen LogP contribution is -2.32. The molecule has 0 aliphatic carbocycles. The van der Waals surface area contributed by atoms with Crippen LogP contribution < -0.4 is 10.4 Å². The maximum absolute atomic E-state index is 12.8. The molecule has 2 aromatic carbocycles. The molecule has 2 heterocycles. The third-order valence-electron chi connectivity index (χ3n) is 4.87. The number of hydrogen-bond donors (Lipinski definition) is 0. The van der Waals surface area contributed by atoms with Gasteiger partial charge in [-0.25, -0.2) is 14.4 Å². The number of benzene rings is 2. The van der Waals surface area contributed by atoms with Crippen LogP contribution in [0.3, 0.4) is 0 Å². The molecule has 29 heavy (non-hydrogen) atoms. The SMILES string of the molecule is CCOC(=O)[C@H]1Oc2c(c(=O)oc3ccccc23)[C@H]1c1ccc(C(=O)OC)cc1. The summed E-state index contributed by atoms with van der Waals surface area (Å²) >= 11 is 0. The lowest BCUT2D eigenvalue weighted by Gasteiger charge is -2.17. The van der Waals surface area contributed by atoms with Crippen molar-refractivity contribution >= 4 is 22.9 Å². The summed E-state index contributed by atoms with van der Waals surface area (Å²) < 4.78 is 21.3. The largest absolute Gasteiger partial charge is 0.476 e. The van der Waals surface area contributed by atoms with Crippen LogP contribution in [0.1, 0.15) is 34.3 Å². The Morgan fingerprint density at radius 3 is 2.48 bits per heavy atom. The fourth-order valence-electron chi connectivity index (χ4n) is 3.57. The molecule has 0 saturated heterocycles. The molecule has 1 aromatic heterocycles. The number of ether oxygens (including phenoxy) is 3. The highest BCUT2D eigenvalue weighted by Crippen LogP contribution is 2.44. The maximum atomic E-state index is 12.8. The van der Waals surface area contributed by atoms with Gasteiger partial charge in [-0.2, -0.15) is 0 Å². The van der Waals surface area contributed by atoms with Gasteiger partial charge in [0.1, 0.15) is 11.3 Å². The van der Waals surface area contributed by atoms with Gasteiger partial charge in [0.15, 0.2) is 0 Å². The number of esters is 2. The highest BCUT2D eigenvalue weighted by atomic mass is 16.6. The first-order valence-electron chi connectivity index (χ1n) is 9.12. The second kappa shape index (κ2) is 7.43. The minimum absolute atomic E-state index is 0.179. The molecule has 2 atom stereocenters. The molecular formula is C22H18O7. The Morgan fingerprint density at radius 1 is 1.07 bits per heavy atom. The van der Waals surface area contributed by atoms with E-state index in [-0.39, 0.29) is 12.2 Å². The summed E-state index contributed by atoms with van der Waals surface area (Å²) in [4.78, 5) is 37.1. The van der Waals surface area contributed by atoms with E-state index in [1.165, 1.54) is 7.11 Å². The summed E-state index contributed by atoms with van der Waals surface area (Å²) in [5.74, 6) is -1.46. The molecule has 1 aliphatic heterocycles. The molecule has 0 radical (unpaired) electrons. The molecule has 0 unspecified atom stereocenters. The second-order valence-corrected chi connectivity index (χ2v) is 6.51. The molecule has 1 aliphatic rings. The van der Waals surface area contributed by atoms with E-state index in [9.17, 15) is 14.4 Å². The normalized spacial score (nSPS) is 17.4. The van der Waals surface area contributed by atoms with Gasteiger partial charge in [0.25, 0.3) is 0 Å². The van der Waals surface area contributed by atoms with Gasteiger partial charge in [-0.15, -0.1) is 0 Å². The van der Waals surface area contributed by atoms with Gasteiger partial charge >= 0.3 is 17.6 Å². The predicted octanol–water partition coefficient (Wildman–Crippen LogP) is 3.04. The van der Waals surface area contributed by atoms with Crippen LogP contribution in [0.15, 0.2) is 57.7 Å². The van der Waals surface area contributed by atoms with Gasteiger partial charge in [0.2, 0.25) is 6.10 Å². The van der Waals surface area contributed by atoms with Crippen LogP contribution >= 0.6 is 0 Å². The minimum atomic E-state index is -1.04. The Labute approximate surface area is 165 Å². The second-order valence-electron chi connectivity index (χ2n) is 6.51. The van der Waals surface area contributed by atoms with Crippen LogP contribution in [0.5, 0.6) is 5.75 Å². The van der Waals surface area contributed by atoms with Crippen LogP contribution in [-0.2, 0) is 14.3 Å². The van der Waals surface area contributed by atoms with Crippen molar-refractivity contribution in [3.8, 4) is 5.75 Å². The first kappa shape index (κ1) is 18.7. The summed E-state index contributed by atoms with van der Waals surface area (Å²) in [7, 11) is 1.30. The zero-order chi connectivity index (χ0) is 20.5. The number of carbonyl (C=O) groups is 2. The number of fused-ring (bicyclic) bond motifs is 3. The Hall–Kier alpha value is -3.61. The van der Waals surface area contributed by atoms with Crippen molar-refractivity contribution in [3.63, 3.8) is 0 Å². The van der Waals surface area contributed by atoms with E-state index < -0.39 is 29.6 Å². The fourth-order valence-corrected chi connectivity index (χ4v) is 3.57. The smallest absolute Gasteiger partial charge is 0.348 e. The molecule has 0 amide bonds. The van der Waals surface area contributed by atoms with E-state index in [4.69, 9.17) is 18.6 Å². The molecule has 0 fully saturated rings. The van der Waals surface area contributed by atoms with Gasteiger partial charge in [0, 0.05) is 0 Å². The van der Waals surface area contributed by atoms with Crippen LogP contribution in [0.2, 0.25) is 0 Å². The van der Waals surface area contributed by atoms with Gasteiger partial charge < -0.3 is 18.6 Å². The number of methoxy groups -OCH3 is 1. The quantitative estimate of drug-likeness (QED) is 0.496. The standard InChI is InChI=1S/C22H18O7/c1-3-27-22(25)19-16(12-8-10-13(11-9-12)20(23)26-2)17-18(29-19)14-6-4-5-7-15(14)28-21(17)24/h4-11,16,19H,3H2,1-2H3/t16-,19+/m1/s1. The van der Waals surface area contributed by atoms with E-state index in [1.54, 1.807) is 55.5 Å². The van der Waals surface area contributed by atoms with Gasteiger partial charge in [-0.3, -0.25) is 0 Å². The number of hydrogen-bond acceptors (Lipinski definition) is 7. The topological polar surface area (TPSA) is 92.0 Å². The molecule has 0 N–H and O–H groups in total. The van der Waals surface area contributed by atoms with E-state index in [0.29, 0.717) is 27.8 Å². The van der Waals surface area contributed by atoms with Crippen molar-refractivity contribution in [1.29, 1.82) is 0 Å². The van der Waals surface area contributed by atoms with Crippen molar-refractivity contribution in [3.05, 3.63) is 75.6 Å². The van der Waals surface area contributed by atoms with Crippen LogP contribution in [0.25, 0.3) is 11.0 Å². The van der Waals surface area contributed by atoms with Gasteiger partial charge in [-0.05, 0) is 36.8 Å². The van der Waals surface area contributed by atoms with E-state index in [1.807, 2.05) is 0 Å². The van der Waals surface area contributed by atoms with E-state index >= 15 is 0 Å². The van der Waals surface area contributed by atoms with Crippen molar-refractivity contribution in [1.82, 2.24) is 0 Å². The number of carbonyl (C=O) groups excluding carboxylic acids is 2. The molecule has 7 heteroatoms. The lowest BCUT2D eigenvalue weighted by atomic mass is 9.88. The molecule has 0 spiro atoms. The Balaban J connectivity index is 1.88. The monoisotopic (exact) mass is 394 g/mol. The third kappa shape index (κ3) is 3.14. The average Bonchev–Trinajstić information content (AvgIpc) is 3.15. The third-order valence-corrected chi connectivity index (χ3v) is 4.87. The van der Waals surface area contributed by atoms with Crippen molar-refractivity contribution in [2.45, 2.75) is 18.9 Å². The van der Waals surface area contributed by atoms with Crippen molar-refractivity contribution in [2.24, 2.45) is 0 Å². The first-order valence-corrected chi connectivity index (χ1v) is 9.12. The summed E-state index contributed by atoms with van der Waals surface area (Å²) in [6, 6.07) is 13.4. The predicted molar refractivity (Wildman–Crippen MR) is 103 cm³/mol. The highest BCUT2D eigenvalue weighted by molar-refractivity contribution is 5.90. The van der Waals surface area contributed by atoms with Gasteiger partial charge in [0.05, 0.1) is 36.1 Å². The minimum Gasteiger partial charge on any atom is -0.476 e. The van der Waals surface area contributed by atoms with Crippen molar-refractivity contribution in [2.75, 3.05) is 13.7 Å². The zero-order valence-electron chi connectivity index (χ0n) is 15.8. The summed E-state index contributed by atoms with van der Waals surface area (Å²) in [6.07, 6.45) is -1.04. The van der Waals surface area contributed by atoms with Crippen molar-refractivity contribution < 1.29 is 28.2 Å². The Bertz CT molecular complexity index is 1140. The molecule has 0 saturated carbocycles. The molecular weight excluding hydrogens is 376 g/mol. The van der Waals surface area contributed by atoms with E-state index in [2.05, 4.69) is 0 Å². The summed E-state index contributed by atoms with van der Waals surface area (Å²) in [5.41, 5.74) is 1.03. The number of rotatable bonds is 4. The summed E-state index contributed by atoms with van der Waals surface area (Å²) in [5, 5.41) is 0.602. The maximum Gasteiger partial charge on any atom is 0.348 e. The average molecular weight is 394 g/mol. The Morgan fingerprint density at radius 2 is 1.79 bits per heavy atom. The Kier molecular flexibility index (Phi) is 4.80. The van der Waals surface area contributed by atoms with Gasteiger partial charge in [-0.1, -0.05) is 24.3 Å². The van der Waals surface area contributed by atoms with Crippen LogP contribution in [0, 0.1) is 0 Å². The molecule has 7 nitrogen and oxygen atoms in total. The zero-order valence-corrected chi connectivity index (χ0v) is 15.8.